The number of aliphatic hydroxyl groups is 1. The first kappa shape index (κ1) is 12.8. The normalized spacial score (nSPS) is 12.8. The van der Waals surface area contributed by atoms with Gasteiger partial charge in [-0.05, 0) is 37.0 Å². The SMILES string of the molecule is Cc1c(N)cccc1NC(CCO)C(C)C. The highest BCUT2D eigenvalue weighted by Gasteiger charge is 2.13. The number of nitrogens with two attached hydrogens (primary N) is 1. The van der Waals surface area contributed by atoms with Gasteiger partial charge in [0.05, 0.1) is 0 Å². The monoisotopic (exact) mass is 222 g/mol. The predicted octanol–water partition coefficient (Wildman–Crippen LogP) is 2.40. The molecule has 0 aliphatic heterocycles. The van der Waals surface area contributed by atoms with Crippen molar-refractivity contribution >= 4 is 11.4 Å². The van der Waals surface area contributed by atoms with Gasteiger partial charge in [0.15, 0.2) is 0 Å². The average molecular weight is 222 g/mol. The summed E-state index contributed by atoms with van der Waals surface area (Å²) in [6.45, 7) is 6.51. The summed E-state index contributed by atoms with van der Waals surface area (Å²) in [5, 5.41) is 12.5. The van der Waals surface area contributed by atoms with E-state index in [9.17, 15) is 0 Å². The van der Waals surface area contributed by atoms with Crippen molar-refractivity contribution in [2.75, 3.05) is 17.7 Å². The van der Waals surface area contributed by atoms with Gasteiger partial charge in [0.25, 0.3) is 0 Å². The summed E-state index contributed by atoms with van der Waals surface area (Å²) in [4.78, 5) is 0. The lowest BCUT2D eigenvalue weighted by Gasteiger charge is -2.24. The van der Waals surface area contributed by atoms with E-state index < -0.39 is 0 Å². The Kier molecular flexibility index (Phi) is 4.62. The summed E-state index contributed by atoms with van der Waals surface area (Å²) < 4.78 is 0. The molecule has 0 fully saturated rings. The third-order valence-electron chi connectivity index (χ3n) is 2.96. The third kappa shape index (κ3) is 3.14. The molecule has 0 aliphatic rings. The van der Waals surface area contributed by atoms with Gasteiger partial charge in [-0.3, -0.25) is 0 Å². The van der Waals surface area contributed by atoms with Gasteiger partial charge in [0.2, 0.25) is 0 Å². The molecule has 0 bridgehead atoms. The zero-order chi connectivity index (χ0) is 12.1. The molecule has 0 aromatic heterocycles. The van der Waals surface area contributed by atoms with E-state index in [-0.39, 0.29) is 12.6 Å². The minimum atomic E-state index is 0.206. The summed E-state index contributed by atoms with van der Waals surface area (Å²) in [5.41, 5.74) is 8.80. The number of aliphatic hydroxyl groups excluding tert-OH is 1. The van der Waals surface area contributed by atoms with E-state index in [4.69, 9.17) is 10.8 Å². The summed E-state index contributed by atoms with van der Waals surface area (Å²) in [6.07, 6.45) is 0.756. The smallest absolute Gasteiger partial charge is 0.0450 e. The molecule has 3 heteroatoms. The van der Waals surface area contributed by atoms with E-state index in [1.165, 1.54) is 0 Å². The van der Waals surface area contributed by atoms with Gasteiger partial charge in [0.1, 0.15) is 0 Å². The van der Waals surface area contributed by atoms with Gasteiger partial charge in [-0.15, -0.1) is 0 Å². The Morgan fingerprint density at radius 2 is 2.06 bits per heavy atom. The van der Waals surface area contributed by atoms with E-state index in [2.05, 4.69) is 19.2 Å². The minimum Gasteiger partial charge on any atom is -0.398 e. The van der Waals surface area contributed by atoms with Crippen molar-refractivity contribution in [2.24, 2.45) is 5.92 Å². The number of benzene rings is 1. The van der Waals surface area contributed by atoms with E-state index in [1.54, 1.807) is 0 Å². The van der Waals surface area contributed by atoms with Crippen LogP contribution < -0.4 is 11.1 Å². The first-order valence-corrected chi connectivity index (χ1v) is 5.78. The van der Waals surface area contributed by atoms with Gasteiger partial charge in [-0.25, -0.2) is 0 Å². The molecule has 0 aliphatic carbocycles. The second-order valence-corrected chi connectivity index (χ2v) is 4.53. The molecule has 90 valence electrons. The van der Waals surface area contributed by atoms with Gasteiger partial charge in [-0.2, -0.15) is 0 Å². The molecule has 4 N–H and O–H groups in total. The van der Waals surface area contributed by atoms with Crippen molar-refractivity contribution in [3.63, 3.8) is 0 Å². The van der Waals surface area contributed by atoms with Crippen molar-refractivity contribution in [1.82, 2.24) is 0 Å². The molecule has 1 aromatic rings. The fraction of sp³-hybridized carbons (Fsp3) is 0.538. The van der Waals surface area contributed by atoms with Crippen molar-refractivity contribution in [3.05, 3.63) is 23.8 Å². The standard InChI is InChI=1S/C13H22N2O/c1-9(2)12(7-8-16)15-13-6-4-5-11(14)10(13)3/h4-6,9,12,15-16H,7-8,14H2,1-3H3. The highest BCUT2D eigenvalue weighted by Crippen LogP contribution is 2.23. The molecule has 0 saturated carbocycles. The summed E-state index contributed by atoms with van der Waals surface area (Å²) in [5.74, 6) is 0.480. The Labute approximate surface area is 97.7 Å². The molecule has 16 heavy (non-hydrogen) atoms. The Morgan fingerprint density at radius 1 is 1.38 bits per heavy atom. The summed E-state index contributed by atoms with van der Waals surface area (Å²) in [7, 11) is 0. The highest BCUT2D eigenvalue weighted by molar-refractivity contribution is 5.63. The first-order chi connectivity index (χ1) is 7.56. The van der Waals surface area contributed by atoms with Crippen LogP contribution in [0.2, 0.25) is 0 Å². The van der Waals surface area contributed by atoms with Gasteiger partial charge in [0, 0.05) is 24.0 Å². The van der Waals surface area contributed by atoms with E-state index in [0.717, 1.165) is 23.4 Å². The van der Waals surface area contributed by atoms with Gasteiger partial charge >= 0.3 is 0 Å². The van der Waals surface area contributed by atoms with E-state index in [1.807, 2.05) is 25.1 Å². The molecular weight excluding hydrogens is 200 g/mol. The van der Waals surface area contributed by atoms with Crippen LogP contribution in [0, 0.1) is 12.8 Å². The molecule has 0 spiro atoms. The zero-order valence-corrected chi connectivity index (χ0v) is 10.3. The lowest BCUT2D eigenvalue weighted by Crippen LogP contribution is -2.27. The van der Waals surface area contributed by atoms with Crippen LogP contribution in [0.1, 0.15) is 25.8 Å². The maximum Gasteiger partial charge on any atom is 0.0450 e. The van der Waals surface area contributed by atoms with E-state index in [0.29, 0.717) is 5.92 Å². The van der Waals surface area contributed by atoms with Crippen molar-refractivity contribution < 1.29 is 5.11 Å². The molecule has 3 nitrogen and oxygen atoms in total. The van der Waals surface area contributed by atoms with Crippen LogP contribution in [0.15, 0.2) is 18.2 Å². The largest absolute Gasteiger partial charge is 0.398 e. The Morgan fingerprint density at radius 3 is 2.62 bits per heavy atom. The molecule has 1 aromatic carbocycles. The fourth-order valence-electron chi connectivity index (χ4n) is 1.72. The zero-order valence-electron chi connectivity index (χ0n) is 10.3. The Hall–Kier alpha value is -1.22. The van der Waals surface area contributed by atoms with Crippen molar-refractivity contribution in [1.29, 1.82) is 0 Å². The van der Waals surface area contributed by atoms with Crippen molar-refractivity contribution in [2.45, 2.75) is 33.2 Å². The lowest BCUT2D eigenvalue weighted by atomic mass is 10.00. The first-order valence-electron chi connectivity index (χ1n) is 5.78. The second kappa shape index (κ2) is 5.75. The highest BCUT2D eigenvalue weighted by atomic mass is 16.3. The number of nitrogen functional groups attached to an aromatic ring is 1. The van der Waals surface area contributed by atoms with Crippen LogP contribution >= 0.6 is 0 Å². The number of hydrogen-bond acceptors (Lipinski definition) is 3. The molecule has 0 saturated heterocycles. The van der Waals surface area contributed by atoms with Crippen LogP contribution in [-0.2, 0) is 0 Å². The second-order valence-electron chi connectivity index (χ2n) is 4.53. The van der Waals surface area contributed by atoms with Crippen LogP contribution in [0.4, 0.5) is 11.4 Å². The summed E-state index contributed by atoms with van der Waals surface area (Å²) >= 11 is 0. The molecule has 0 radical (unpaired) electrons. The van der Waals surface area contributed by atoms with Crippen LogP contribution in [0.25, 0.3) is 0 Å². The molecular formula is C13H22N2O. The maximum atomic E-state index is 9.02. The fourth-order valence-corrected chi connectivity index (χ4v) is 1.72. The van der Waals surface area contributed by atoms with Gasteiger partial charge in [-0.1, -0.05) is 19.9 Å². The topological polar surface area (TPSA) is 58.3 Å². The summed E-state index contributed by atoms with van der Waals surface area (Å²) in [6, 6.07) is 6.15. The number of hydrogen-bond donors (Lipinski definition) is 3. The quantitative estimate of drug-likeness (QED) is 0.670. The molecule has 1 rings (SSSR count). The number of anilines is 2. The average Bonchev–Trinajstić information content (AvgIpc) is 2.23. The van der Waals surface area contributed by atoms with Crippen LogP contribution in [-0.4, -0.2) is 17.8 Å². The number of rotatable bonds is 5. The molecule has 1 atom stereocenters. The minimum absolute atomic E-state index is 0.206. The van der Waals surface area contributed by atoms with Gasteiger partial charge < -0.3 is 16.2 Å². The lowest BCUT2D eigenvalue weighted by molar-refractivity contribution is 0.267. The molecule has 0 heterocycles. The van der Waals surface area contributed by atoms with Crippen LogP contribution in [0.3, 0.4) is 0 Å². The number of nitrogens with one attached hydrogen (secondary N) is 1. The van der Waals surface area contributed by atoms with E-state index >= 15 is 0 Å². The maximum absolute atomic E-state index is 9.02. The van der Waals surface area contributed by atoms with Crippen LogP contribution in [0.5, 0.6) is 0 Å². The third-order valence-corrected chi connectivity index (χ3v) is 2.96. The molecule has 1 unspecified atom stereocenters. The predicted molar refractivity (Wildman–Crippen MR) is 69.5 cm³/mol. The molecule has 0 amide bonds. The Bertz CT molecular complexity index is 337. The van der Waals surface area contributed by atoms with Crippen molar-refractivity contribution in [3.8, 4) is 0 Å². The Balaban J connectivity index is 2.81.